The van der Waals surface area contributed by atoms with E-state index in [-0.39, 0.29) is 16.6 Å². The lowest BCUT2D eigenvalue weighted by Crippen LogP contribution is -2.14. The third-order valence-electron chi connectivity index (χ3n) is 16.0. The summed E-state index contributed by atoms with van der Waals surface area (Å²) in [6, 6.07) is 13.5. The Bertz CT molecular complexity index is 7050. The van der Waals surface area contributed by atoms with Gasteiger partial charge in [0.1, 0.15) is 17.2 Å². The molecule has 0 unspecified atom stereocenters. The van der Waals surface area contributed by atoms with Gasteiger partial charge in [0.05, 0.1) is 117 Å². The summed E-state index contributed by atoms with van der Waals surface area (Å²) in [6.45, 7) is 10.0. The van der Waals surface area contributed by atoms with Crippen molar-refractivity contribution in [3.63, 3.8) is 0 Å². The van der Waals surface area contributed by atoms with Crippen LogP contribution in [-0.4, -0.2) is 18.3 Å². The quantitative estimate of drug-likeness (QED) is 0.127. The van der Waals surface area contributed by atoms with E-state index in [2.05, 4.69) is 10.9 Å². The molecule has 7 heteroatoms. The van der Waals surface area contributed by atoms with Crippen LogP contribution >= 0.6 is 0 Å². The third kappa shape index (κ3) is 6.04. The molecule has 0 N–H and O–H groups in total. The van der Waals surface area contributed by atoms with Crippen LogP contribution in [0.3, 0.4) is 0 Å². The van der Waals surface area contributed by atoms with Crippen LogP contribution in [-0.2, 0) is 0 Å². The first-order valence-electron chi connectivity index (χ1n) is 38.0. The topological polar surface area (TPSA) is 61.0 Å². The molecule has 0 amide bonds. The number of hydrogen-bond donors (Lipinski definition) is 0. The lowest BCUT2D eigenvalue weighted by Gasteiger charge is -2.27. The minimum atomic E-state index is -0.969. The summed E-state index contributed by atoms with van der Waals surface area (Å²) in [6.07, 6.45) is 0. The average molecular weight is 1080 g/mol. The number of nitrogens with zero attached hydrogens (tertiary/aromatic N) is 6. The highest BCUT2D eigenvalue weighted by Crippen LogP contribution is 2.53. The molecule has 382 valence electrons. The van der Waals surface area contributed by atoms with E-state index >= 15 is 0 Å². The van der Waals surface area contributed by atoms with Gasteiger partial charge in [-0.25, -0.2) is 4.85 Å². The number of nitriles is 1. The van der Waals surface area contributed by atoms with Crippen molar-refractivity contribution < 1.29 is 37.3 Å². The lowest BCUT2D eigenvalue weighted by molar-refractivity contribution is 0.669. The van der Waals surface area contributed by atoms with E-state index < -0.39 is 244 Å². The van der Waals surface area contributed by atoms with Crippen molar-refractivity contribution in [1.29, 1.82) is 5.26 Å². The predicted octanol–water partition coefficient (Wildman–Crippen LogP) is 20.4. The van der Waals surface area contributed by atoms with E-state index in [9.17, 15) is 42.0 Å². The molecular formula is C76H42N6O. The first-order valence-corrected chi connectivity index (χ1v) is 26.0. The van der Waals surface area contributed by atoms with Crippen LogP contribution < -0.4 is 0 Å². The van der Waals surface area contributed by atoms with Crippen LogP contribution in [0.4, 0.5) is 5.69 Å². The molecule has 7 nitrogen and oxygen atoms in total. The summed E-state index contributed by atoms with van der Waals surface area (Å²) in [5.41, 5.74) is -6.85. The van der Waals surface area contributed by atoms with Crippen molar-refractivity contribution >= 4 is 136 Å². The smallest absolute Gasteiger partial charge is 0.237 e. The van der Waals surface area contributed by atoms with Gasteiger partial charge in [-0.2, -0.15) is 5.26 Å². The standard InChI is InChI=1S/C76H42N6O/c1-78-71-73(79-61-30-11-4-21-51(61)52-22-5-12-31-62(52)79)60(44-77)74(80-63-32-13-6-23-53(63)54-24-7-14-33-64(54)80)76(75(71)81-65-34-15-8-25-55(65)56-26-9-16-35-66(56)81)82-67-41-38-46(48-28-18-29-49-47-20-3-2-19-45(47)37-39-50(48)49)43-59(67)57-40-42-69-70(72(57)82)58-27-10-17-36-68(58)83-69/h2-43H/i4D,5D,6D,7D,8D,9D,11D,12D,13D,14D,15D,16D,21D,22D,23D,24D,25D,26D,30D,31D,32D,33D,34D,35D. The fourth-order valence-electron chi connectivity index (χ4n) is 12.7. The van der Waals surface area contributed by atoms with Crippen LogP contribution in [0.1, 0.15) is 38.5 Å². The zero-order valence-corrected chi connectivity index (χ0v) is 42.5. The third-order valence-corrected chi connectivity index (χ3v) is 16.0. The number of para-hydroxylation sites is 7. The molecule has 5 heterocycles. The molecule has 18 rings (SSSR count). The summed E-state index contributed by atoms with van der Waals surface area (Å²) in [5, 5.41) is 14.8. The van der Waals surface area contributed by atoms with Crippen molar-refractivity contribution in [2.75, 3.05) is 0 Å². The molecule has 0 fully saturated rings. The maximum absolute atomic E-state index is 13.1. The molecule has 0 radical (unpaired) electrons. The maximum Gasteiger partial charge on any atom is 0.237 e. The van der Waals surface area contributed by atoms with Crippen LogP contribution in [0.2, 0.25) is 0 Å². The summed E-state index contributed by atoms with van der Waals surface area (Å²) in [5.74, 6) is 0. The fraction of sp³-hybridized carbons (Fsp3) is 0. The molecule has 83 heavy (non-hydrogen) atoms. The lowest BCUT2D eigenvalue weighted by atomic mass is 9.94. The highest BCUT2D eigenvalue weighted by atomic mass is 16.3. The van der Waals surface area contributed by atoms with E-state index in [1.807, 2.05) is 60.7 Å². The zero-order chi connectivity index (χ0) is 75.5. The van der Waals surface area contributed by atoms with E-state index in [4.69, 9.17) is 7.16 Å². The van der Waals surface area contributed by atoms with Crippen molar-refractivity contribution in [3.05, 3.63) is 271 Å². The Kier molecular flexibility index (Phi) is 5.71. The first kappa shape index (κ1) is 28.0. The second-order valence-corrected chi connectivity index (χ2v) is 19.9. The highest BCUT2D eigenvalue weighted by molar-refractivity contribution is 6.26. The van der Waals surface area contributed by atoms with Gasteiger partial charge in [0.25, 0.3) is 0 Å². The summed E-state index contributed by atoms with van der Waals surface area (Å²) in [4.78, 5) is 4.29. The second-order valence-electron chi connectivity index (χ2n) is 19.9. The Hall–Kier alpha value is -11.6. The minimum absolute atomic E-state index is 0.118. The molecular weight excluding hydrogens is 1010 g/mol. The molecule has 0 spiro atoms. The SMILES string of the molecule is [2H]c1c([2H])c([2H])c2c(c1[2H])c1c([2H])c([2H])c([2H])c([2H])c1n2-c1c(C#N)c(-n2c3c([2H])c([2H])c([2H])c([2H])c3c3c([2H])c([2H])c([2H])c([2H])c32)c(-n2c3ccc(-c4cccc5c4ccc4ccccc45)cc3c3ccc4oc5ccccc5c4c32)c(-n2c3c([2H])c([2H])c([2H])c([2H])c3c3c([2H])c([2H])c([2H])c([2H])c32)c1[N+]#[C-]. The molecule has 5 aromatic heterocycles. The largest absolute Gasteiger partial charge is 0.456 e. The van der Waals surface area contributed by atoms with E-state index in [1.54, 1.807) is 48.5 Å². The number of fused-ring (bicyclic) bond motifs is 19. The Morgan fingerprint density at radius 1 is 0.386 bits per heavy atom. The van der Waals surface area contributed by atoms with Gasteiger partial charge in [-0.3, -0.25) is 0 Å². The molecule has 0 saturated heterocycles. The maximum atomic E-state index is 13.1. The molecule has 0 atom stereocenters. The van der Waals surface area contributed by atoms with Crippen molar-refractivity contribution in [1.82, 2.24) is 18.3 Å². The number of rotatable bonds is 5. The number of hydrogen-bond acceptors (Lipinski definition) is 2. The Morgan fingerprint density at radius 2 is 0.892 bits per heavy atom. The molecule has 0 bridgehead atoms. The zero-order valence-electron chi connectivity index (χ0n) is 66.5. The Morgan fingerprint density at radius 3 is 1.47 bits per heavy atom. The number of benzene rings is 13. The number of aromatic nitrogens is 4. The van der Waals surface area contributed by atoms with E-state index in [0.29, 0.717) is 32.7 Å². The van der Waals surface area contributed by atoms with Crippen molar-refractivity contribution in [2.24, 2.45) is 0 Å². The van der Waals surface area contributed by atoms with Gasteiger partial charge in [-0.05, 0) is 99.3 Å². The summed E-state index contributed by atoms with van der Waals surface area (Å²) < 4.78 is 242. The average Bonchev–Trinajstić information content (AvgIpc) is 1.52. The number of furan rings is 1. The Labute approximate surface area is 507 Å². The summed E-state index contributed by atoms with van der Waals surface area (Å²) >= 11 is 0. The molecule has 0 aliphatic carbocycles. The normalized spacial score (nSPS) is 16.1. The second kappa shape index (κ2) is 16.9. The molecule has 13 aromatic carbocycles. The van der Waals surface area contributed by atoms with Crippen LogP contribution in [0.25, 0.3) is 169 Å². The van der Waals surface area contributed by atoms with E-state index in [1.165, 1.54) is 4.57 Å². The fourth-order valence-corrected chi connectivity index (χ4v) is 12.7. The van der Waals surface area contributed by atoms with Crippen LogP contribution in [0.15, 0.2) is 259 Å². The Balaban J connectivity index is 1.23. The highest BCUT2D eigenvalue weighted by Gasteiger charge is 2.35. The summed E-state index contributed by atoms with van der Waals surface area (Å²) in [7, 11) is 0. The van der Waals surface area contributed by atoms with Gasteiger partial charge in [0, 0.05) is 48.5 Å². The monoisotopic (exact) mass is 1080 g/mol. The van der Waals surface area contributed by atoms with Crippen LogP contribution in [0.5, 0.6) is 0 Å². The van der Waals surface area contributed by atoms with Gasteiger partial charge in [-0.15, -0.1) is 0 Å². The van der Waals surface area contributed by atoms with Gasteiger partial charge in [-0.1, -0.05) is 188 Å². The molecule has 0 aliphatic heterocycles. The van der Waals surface area contributed by atoms with Gasteiger partial charge < -0.3 is 22.7 Å². The first-order chi connectivity index (χ1) is 51.1. The van der Waals surface area contributed by atoms with E-state index in [0.717, 1.165) is 40.8 Å². The molecule has 0 saturated carbocycles. The minimum Gasteiger partial charge on any atom is -0.456 e. The van der Waals surface area contributed by atoms with Crippen molar-refractivity contribution in [3.8, 4) is 39.9 Å². The molecule has 0 aliphatic rings. The van der Waals surface area contributed by atoms with Gasteiger partial charge in [0.2, 0.25) is 5.69 Å². The van der Waals surface area contributed by atoms with Gasteiger partial charge >= 0.3 is 0 Å². The predicted molar refractivity (Wildman–Crippen MR) is 343 cm³/mol. The van der Waals surface area contributed by atoms with Crippen LogP contribution in [0, 0.1) is 17.9 Å². The molecule has 18 aromatic rings. The van der Waals surface area contributed by atoms with Gasteiger partial charge in [0.15, 0.2) is 0 Å². The van der Waals surface area contributed by atoms with Crippen molar-refractivity contribution in [2.45, 2.75) is 0 Å².